The van der Waals surface area contributed by atoms with Crippen LogP contribution in [0.1, 0.15) is 0 Å². The highest BCUT2D eigenvalue weighted by Gasteiger charge is 2.21. The van der Waals surface area contributed by atoms with E-state index in [0.717, 1.165) is 38.5 Å². The quantitative estimate of drug-likeness (QED) is 0.167. The summed E-state index contributed by atoms with van der Waals surface area (Å²) in [5.41, 5.74) is 3.64. The molecule has 2 heterocycles. The van der Waals surface area contributed by atoms with Crippen molar-refractivity contribution in [1.82, 2.24) is 0 Å². The normalized spacial score (nSPS) is 12.4. The van der Waals surface area contributed by atoms with E-state index in [2.05, 4.69) is 109 Å². The fraction of sp³-hybridized carbons (Fsp3) is 0. The summed E-state index contributed by atoms with van der Waals surface area (Å²) in [6.45, 7) is 0. The molecule has 0 saturated heterocycles. The van der Waals surface area contributed by atoms with Gasteiger partial charge in [0.15, 0.2) is 0 Å². The highest BCUT2D eigenvalue weighted by molar-refractivity contribution is 6.41. The van der Waals surface area contributed by atoms with Crippen molar-refractivity contribution in [3.63, 3.8) is 0 Å². The summed E-state index contributed by atoms with van der Waals surface area (Å²) >= 11 is 0. The average Bonchev–Trinajstić information content (AvgIpc) is 2.94. The molecule has 2 nitrogen and oxygen atoms in total. The second-order valence-corrected chi connectivity index (χ2v) is 9.63. The van der Waals surface area contributed by atoms with Crippen LogP contribution in [-0.2, 0) is 0 Å². The van der Waals surface area contributed by atoms with Crippen molar-refractivity contribution in [3.8, 4) is 0 Å². The highest BCUT2D eigenvalue weighted by atomic mass is 16.3. The van der Waals surface area contributed by atoms with Crippen LogP contribution in [0.5, 0.6) is 0 Å². The first kappa shape index (κ1) is 18.5. The topological polar surface area (TPSA) is 26.3 Å². The first-order chi connectivity index (χ1) is 17.9. The zero-order valence-corrected chi connectivity index (χ0v) is 19.2. The molecule has 0 bridgehead atoms. The third-order valence-corrected chi connectivity index (χ3v) is 7.81. The maximum atomic E-state index is 6.70. The maximum Gasteiger partial charge on any atom is 0.143 e. The fourth-order valence-electron chi connectivity index (χ4n) is 6.35. The molecule has 0 saturated carbocycles. The zero-order valence-electron chi connectivity index (χ0n) is 19.2. The Kier molecular flexibility index (Phi) is 3.31. The smallest absolute Gasteiger partial charge is 0.143 e. The number of fused-ring (bicyclic) bond motifs is 10. The number of rotatable bonds is 0. The Labute approximate surface area is 204 Å². The minimum absolute atomic E-state index is 0.900. The van der Waals surface area contributed by atoms with Crippen LogP contribution in [0.3, 0.4) is 0 Å². The Hall–Kier alpha value is -4.82. The Morgan fingerprint density at radius 1 is 0.306 bits per heavy atom. The third-order valence-electron chi connectivity index (χ3n) is 7.81. The van der Waals surface area contributed by atoms with Crippen LogP contribution in [0.2, 0.25) is 0 Å². The van der Waals surface area contributed by atoms with E-state index in [9.17, 15) is 0 Å². The summed E-state index contributed by atoms with van der Waals surface area (Å²) in [6, 6.07) is 38.6. The summed E-state index contributed by atoms with van der Waals surface area (Å²) in [4.78, 5) is 0. The van der Waals surface area contributed by atoms with Gasteiger partial charge in [0, 0.05) is 37.7 Å². The molecule has 0 aliphatic carbocycles. The SMILES string of the molecule is c1ccc2c(c1)ccc1c2oc2cccc3c2c1c1cccc2oc4ccc5ccccc5c4c3c21. The molecule has 0 aliphatic rings. The largest absolute Gasteiger partial charge is 0.456 e. The molecule has 0 atom stereocenters. The van der Waals surface area contributed by atoms with Crippen LogP contribution in [0.15, 0.2) is 118 Å². The van der Waals surface area contributed by atoms with Crippen molar-refractivity contribution >= 4 is 87.0 Å². The summed E-state index contributed by atoms with van der Waals surface area (Å²) < 4.78 is 13.3. The molecule has 36 heavy (non-hydrogen) atoms. The molecule has 0 N–H and O–H groups in total. The standard InChI is InChI=1S/C34H18O2/c1-3-9-21-19(7-1)16-18-28-30(21)33-24-12-6-14-27-31(24)29(23-11-5-13-26(35-28)32(23)33)25-17-15-20-8-2-4-10-22(20)34(25)36-27/h1-18H. The van der Waals surface area contributed by atoms with Crippen LogP contribution < -0.4 is 0 Å². The van der Waals surface area contributed by atoms with E-state index in [-0.39, 0.29) is 0 Å². The van der Waals surface area contributed by atoms with Crippen LogP contribution in [-0.4, -0.2) is 0 Å². The van der Waals surface area contributed by atoms with Crippen molar-refractivity contribution in [3.05, 3.63) is 109 Å². The lowest BCUT2D eigenvalue weighted by Crippen LogP contribution is -1.91. The van der Waals surface area contributed by atoms with Gasteiger partial charge in [-0.3, -0.25) is 0 Å². The van der Waals surface area contributed by atoms with E-state index < -0.39 is 0 Å². The van der Waals surface area contributed by atoms with Crippen molar-refractivity contribution in [2.75, 3.05) is 0 Å². The molecule has 7 aromatic carbocycles. The van der Waals surface area contributed by atoms with E-state index in [4.69, 9.17) is 8.83 Å². The van der Waals surface area contributed by atoms with E-state index in [1.54, 1.807) is 0 Å². The summed E-state index contributed by atoms with van der Waals surface area (Å²) in [5.74, 6) is 0. The predicted octanol–water partition coefficient (Wildman–Crippen LogP) is 10.1. The minimum atomic E-state index is 0.900. The zero-order chi connectivity index (χ0) is 23.4. The Bertz CT molecular complexity index is 2370. The average molecular weight is 459 g/mol. The second-order valence-electron chi connectivity index (χ2n) is 9.63. The molecule has 9 rings (SSSR count). The molecule has 166 valence electrons. The van der Waals surface area contributed by atoms with Gasteiger partial charge in [0.1, 0.15) is 22.3 Å². The number of hydrogen-bond donors (Lipinski definition) is 0. The van der Waals surface area contributed by atoms with Gasteiger partial charge in [0.25, 0.3) is 0 Å². The monoisotopic (exact) mass is 458 g/mol. The molecular weight excluding hydrogens is 440 g/mol. The van der Waals surface area contributed by atoms with Gasteiger partial charge >= 0.3 is 0 Å². The molecule has 0 radical (unpaired) electrons. The molecule has 0 spiro atoms. The van der Waals surface area contributed by atoms with Gasteiger partial charge in [-0.2, -0.15) is 0 Å². The summed E-state index contributed by atoms with van der Waals surface area (Å²) in [6.07, 6.45) is 0. The van der Waals surface area contributed by atoms with Crippen molar-refractivity contribution in [1.29, 1.82) is 0 Å². The lowest BCUT2D eigenvalue weighted by molar-refractivity contribution is 0.662. The highest BCUT2D eigenvalue weighted by Crippen LogP contribution is 2.47. The molecule has 2 heteroatoms. The molecule has 9 aromatic rings. The van der Waals surface area contributed by atoms with E-state index in [1.165, 1.54) is 48.5 Å². The van der Waals surface area contributed by atoms with Gasteiger partial charge in [-0.25, -0.2) is 0 Å². The first-order valence-electron chi connectivity index (χ1n) is 12.3. The van der Waals surface area contributed by atoms with Gasteiger partial charge in [-0.15, -0.1) is 0 Å². The first-order valence-corrected chi connectivity index (χ1v) is 12.3. The Morgan fingerprint density at radius 2 is 0.861 bits per heavy atom. The predicted molar refractivity (Wildman–Crippen MR) is 151 cm³/mol. The molecule has 0 aliphatic heterocycles. The van der Waals surface area contributed by atoms with E-state index >= 15 is 0 Å². The van der Waals surface area contributed by atoms with Gasteiger partial charge < -0.3 is 8.83 Å². The Balaban J connectivity index is 1.68. The third kappa shape index (κ3) is 2.18. The molecule has 0 amide bonds. The van der Waals surface area contributed by atoms with E-state index in [1.807, 2.05) is 0 Å². The molecule has 2 aromatic heterocycles. The van der Waals surface area contributed by atoms with Crippen LogP contribution in [0.25, 0.3) is 87.0 Å². The minimum Gasteiger partial charge on any atom is -0.456 e. The maximum absolute atomic E-state index is 6.70. The number of benzene rings is 7. The second kappa shape index (κ2) is 6.44. The summed E-state index contributed by atoms with van der Waals surface area (Å²) in [5, 5.41) is 14.2. The lowest BCUT2D eigenvalue weighted by Gasteiger charge is -2.18. The summed E-state index contributed by atoms with van der Waals surface area (Å²) in [7, 11) is 0. The van der Waals surface area contributed by atoms with Crippen molar-refractivity contribution in [2.24, 2.45) is 0 Å². The van der Waals surface area contributed by atoms with Gasteiger partial charge in [0.05, 0.1) is 0 Å². The van der Waals surface area contributed by atoms with Crippen LogP contribution >= 0.6 is 0 Å². The van der Waals surface area contributed by atoms with E-state index in [0.29, 0.717) is 0 Å². The fourth-order valence-corrected chi connectivity index (χ4v) is 6.35. The molecular formula is C34H18O2. The van der Waals surface area contributed by atoms with Gasteiger partial charge in [-0.1, -0.05) is 84.9 Å². The van der Waals surface area contributed by atoms with Crippen molar-refractivity contribution < 1.29 is 8.83 Å². The van der Waals surface area contributed by atoms with Gasteiger partial charge in [0.2, 0.25) is 0 Å². The molecule has 0 fully saturated rings. The van der Waals surface area contributed by atoms with Crippen LogP contribution in [0.4, 0.5) is 0 Å². The van der Waals surface area contributed by atoms with Crippen molar-refractivity contribution in [2.45, 2.75) is 0 Å². The molecule has 0 unspecified atom stereocenters. The van der Waals surface area contributed by atoms with Gasteiger partial charge in [-0.05, 0) is 51.2 Å². The number of hydrogen-bond acceptors (Lipinski definition) is 2. The Morgan fingerprint density at radius 3 is 1.69 bits per heavy atom. The van der Waals surface area contributed by atoms with Crippen LogP contribution in [0, 0.1) is 0 Å². The lowest BCUT2D eigenvalue weighted by atomic mass is 9.89.